The van der Waals surface area contributed by atoms with Crippen molar-refractivity contribution >= 4 is 0 Å². The van der Waals surface area contributed by atoms with Gasteiger partial charge in [-0.25, -0.2) is 0 Å². The molecule has 48 valence electrons. The first-order valence-electron chi connectivity index (χ1n) is 2.99. The molecule has 0 aliphatic rings. The molecule has 0 aliphatic heterocycles. The second-order valence-corrected chi connectivity index (χ2v) is 2.13. The predicted octanol–water partition coefficient (Wildman–Crippen LogP) is 1.58. The Kier molecular flexibility index (Phi) is 3.53. The van der Waals surface area contributed by atoms with Crippen LogP contribution < -0.4 is 0 Å². The fourth-order valence-electron chi connectivity index (χ4n) is 0.464. The molecule has 1 nitrogen and oxygen atoms in total. The topological polar surface area (TPSA) is 20.2 Å². The van der Waals surface area contributed by atoms with Crippen LogP contribution in [0.25, 0.3) is 0 Å². The number of allylic oxidation sites excluding steroid dienone is 1. The van der Waals surface area contributed by atoms with Crippen molar-refractivity contribution in [3.05, 3.63) is 12.2 Å². The van der Waals surface area contributed by atoms with Crippen molar-refractivity contribution < 1.29 is 5.11 Å². The molecular weight excluding hydrogens is 100 g/mol. The number of rotatable bonds is 2. The van der Waals surface area contributed by atoms with E-state index in [0.29, 0.717) is 5.92 Å². The summed E-state index contributed by atoms with van der Waals surface area (Å²) >= 11 is 0. The summed E-state index contributed by atoms with van der Waals surface area (Å²) in [6, 6.07) is 0. The van der Waals surface area contributed by atoms with Crippen LogP contribution >= 0.6 is 0 Å². The second kappa shape index (κ2) is 3.67. The van der Waals surface area contributed by atoms with E-state index in [4.69, 9.17) is 5.11 Å². The van der Waals surface area contributed by atoms with Gasteiger partial charge in [0.25, 0.3) is 0 Å². The summed E-state index contributed by atoms with van der Waals surface area (Å²) in [5.74, 6) is 0.292. The SMILES string of the molecule is CC=CC(C)C(C)O. The standard InChI is InChI=1S/C7H14O/c1-4-5-6(2)7(3)8/h4-8H,1-3H3. The molecule has 2 atom stereocenters. The van der Waals surface area contributed by atoms with E-state index in [2.05, 4.69) is 0 Å². The average molecular weight is 114 g/mol. The Labute approximate surface area is 51.0 Å². The third-order valence-electron chi connectivity index (χ3n) is 1.26. The molecule has 2 unspecified atom stereocenters. The lowest BCUT2D eigenvalue weighted by atomic mass is 10.1. The highest BCUT2D eigenvalue weighted by Gasteiger charge is 2.01. The van der Waals surface area contributed by atoms with Gasteiger partial charge in [0.2, 0.25) is 0 Å². The van der Waals surface area contributed by atoms with Gasteiger partial charge in [-0.3, -0.25) is 0 Å². The summed E-state index contributed by atoms with van der Waals surface area (Å²) in [4.78, 5) is 0. The minimum atomic E-state index is -0.216. The number of hydrogen-bond acceptors (Lipinski definition) is 1. The molecule has 0 rings (SSSR count). The van der Waals surface area contributed by atoms with E-state index in [9.17, 15) is 0 Å². The summed E-state index contributed by atoms with van der Waals surface area (Å²) in [5.41, 5.74) is 0. The second-order valence-electron chi connectivity index (χ2n) is 2.13. The molecule has 0 saturated carbocycles. The third-order valence-corrected chi connectivity index (χ3v) is 1.26. The summed E-state index contributed by atoms with van der Waals surface area (Å²) in [6.07, 6.45) is 3.73. The monoisotopic (exact) mass is 114 g/mol. The molecule has 0 spiro atoms. The van der Waals surface area contributed by atoms with Gasteiger partial charge < -0.3 is 5.11 Å². The van der Waals surface area contributed by atoms with Crippen molar-refractivity contribution in [1.29, 1.82) is 0 Å². The molecule has 1 N–H and O–H groups in total. The van der Waals surface area contributed by atoms with Gasteiger partial charge in [-0.15, -0.1) is 0 Å². The molecule has 0 aromatic rings. The van der Waals surface area contributed by atoms with E-state index >= 15 is 0 Å². The Morgan fingerprint density at radius 3 is 2.00 bits per heavy atom. The molecule has 0 radical (unpaired) electrons. The van der Waals surface area contributed by atoms with Gasteiger partial charge >= 0.3 is 0 Å². The highest BCUT2D eigenvalue weighted by molar-refractivity contribution is 4.85. The normalized spacial score (nSPS) is 19.0. The van der Waals surface area contributed by atoms with Crippen LogP contribution in [0.3, 0.4) is 0 Å². The first-order valence-corrected chi connectivity index (χ1v) is 2.99. The van der Waals surface area contributed by atoms with E-state index in [1.165, 1.54) is 0 Å². The smallest absolute Gasteiger partial charge is 0.0572 e. The van der Waals surface area contributed by atoms with Gasteiger partial charge in [0.1, 0.15) is 0 Å². The van der Waals surface area contributed by atoms with Gasteiger partial charge in [-0.2, -0.15) is 0 Å². The van der Waals surface area contributed by atoms with Crippen LogP contribution in [0.4, 0.5) is 0 Å². The first-order chi connectivity index (χ1) is 3.68. The third kappa shape index (κ3) is 2.80. The quantitative estimate of drug-likeness (QED) is 0.540. The highest BCUT2D eigenvalue weighted by atomic mass is 16.3. The maximum absolute atomic E-state index is 8.90. The van der Waals surface area contributed by atoms with Crippen LogP contribution in [0.1, 0.15) is 20.8 Å². The molecule has 0 aromatic heterocycles. The molecule has 0 amide bonds. The number of aliphatic hydroxyl groups is 1. The fourth-order valence-corrected chi connectivity index (χ4v) is 0.464. The predicted molar refractivity (Wildman–Crippen MR) is 35.7 cm³/mol. The zero-order valence-electron chi connectivity index (χ0n) is 5.76. The van der Waals surface area contributed by atoms with Crippen molar-refractivity contribution in [2.75, 3.05) is 0 Å². The molecule has 0 heterocycles. The van der Waals surface area contributed by atoms with E-state index in [1.54, 1.807) is 6.92 Å². The molecule has 1 heteroatoms. The number of aliphatic hydroxyl groups excluding tert-OH is 1. The van der Waals surface area contributed by atoms with Crippen molar-refractivity contribution in [1.82, 2.24) is 0 Å². The molecule has 0 aliphatic carbocycles. The Balaban J connectivity index is 3.47. The molecule has 0 aromatic carbocycles. The summed E-state index contributed by atoms with van der Waals surface area (Å²) in [6.45, 7) is 5.74. The Hall–Kier alpha value is -0.300. The Bertz CT molecular complexity index is 74.5. The van der Waals surface area contributed by atoms with Crippen molar-refractivity contribution in [3.8, 4) is 0 Å². The lowest BCUT2D eigenvalue weighted by Gasteiger charge is -2.07. The summed E-state index contributed by atoms with van der Waals surface area (Å²) in [7, 11) is 0. The van der Waals surface area contributed by atoms with E-state index in [-0.39, 0.29) is 6.10 Å². The zero-order chi connectivity index (χ0) is 6.57. The van der Waals surface area contributed by atoms with Gasteiger partial charge in [0.15, 0.2) is 0 Å². The molecule has 0 fully saturated rings. The fraction of sp³-hybridized carbons (Fsp3) is 0.714. The van der Waals surface area contributed by atoms with Crippen LogP contribution in [-0.2, 0) is 0 Å². The lowest BCUT2D eigenvalue weighted by Crippen LogP contribution is -2.09. The first kappa shape index (κ1) is 7.70. The van der Waals surface area contributed by atoms with Crippen molar-refractivity contribution in [2.45, 2.75) is 26.9 Å². The van der Waals surface area contributed by atoms with E-state index in [0.717, 1.165) is 0 Å². The largest absolute Gasteiger partial charge is 0.393 e. The molecule has 0 saturated heterocycles. The summed E-state index contributed by atoms with van der Waals surface area (Å²) < 4.78 is 0. The zero-order valence-corrected chi connectivity index (χ0v) is 5.76. The molecular formula is C7H14O. The molecule has 8 heavy (non-hydrogen) atoms. The maximum Gasteiger partial charge on any atom is 0.0572 e. The Morgan fingerprint density at radius 2 is 1.88 bits per heavy atom. The van der Waals surface area contributed by atoms with Gasteiger partial charge in [0, 0.05) is 0 Å². The van der Waals surface area contributed by atoms with E-state index < -0.39 is 0 Å². The summed E-state index contributed by atoms with van der Waals surface area (Å²) in [5, 5.41) is 8.90. The van der Waals surface area contributed by atoms with Gasteiger partial charge in [0.05, 0.1) is 6.10 Å². The maximum atomic E-state index is 8.90. The van der Waals surface area contributed by atoms with Crippen LogP contribution in [0, 0.1) is 5.92 Å². The minimum absolute atomic E-state index is 0.216. The molecule has 0 bridgehead atoms. The van der Waals surface area contributed by atoms with Crippen LogP contribution in [0.2, 0.25) is 0 Å². The Morgan fingerprint density at radius 1 is 1.38 bits per heavy atom. The van der Waals surface area contributed by atoms with Crippen LogP contribution in [0.15, 0.2) is 12.2 Å². The number of hydrogen-bond donors (Lipinski definition) is 1. The van der Waals surface area contributed by atoms with E-state index in [1.807, 2.05) is 26.0 Å². The van der Waals surface area contributed by atoms with Crippen LogP contribution in [0.5, 0.6) is 0 Å². The van der Waals surface area contributed by atoms with Crippen LogP contribution in [-0.4, -0.2) is 11.2 Å². The van der Waals surface area contributed by atoms with Crippen molar-refractivity contribution in [2.24, 2.45) is 5.92 Å². The van der Waals surface area contributed by atoms with Crippen molar-refractivity contribution in [3.63, 3.8) is 0 Å². The highest BCUT2D eigenvalue weighted by Crippen LogP contribution is 2.02. The lowest BCUT2D eigenvalue weighted by molar-refractivity contribution is 0.157. The average Bonchev–Trinajstić information content (AvgIpc) is 1.67. The van der Waals surface area contributed by atoms with Gasteiger partial charge in [-0.1, -0.05) is 19.1 Å². The van der Waals surface area contributed by atoms with Gasteiger partial charge in [-0.05, 0) is 19.8 Å². The minimum Gasteiger partial charge on any atom is -0.393 e.